The lowest BCUT2D eigenvalue weighted by Crippen LogP contribution is -2.47. The Balaban J connectivity index is 1.75. The predicted molar refractivity (Wildman–Crippen MR) is 99.7 cm³/mol. The monoisotopic (exact) mass is 410 g/mol. The van der Waals surface area contributed by atoms with Crippen molar-refractivity contribution in [3.05, 3.63) is 68.2 Å². The largest absolute Gasteiger partial charge is 0.350 e. The van der Waals surface area contributed by atoms with Gasteiger partial charge >= 0.3 is 0 Å². The van der Waals surface area contributed by atoms with Crippen LogP contribution in [-0.2, 0) is 11.3 Å². The van der Waals surface area contributed by atoms with Crippen LogP contribution in [0.1, 0.15) is 33.2 Å². The van der Waals surface area contributed by atoms with Gasteiger partial charge in [-0.25, -0.2) is 0 Å². The number of imide groups is 1. The smallest absolute Gasteiger partial charge is 0.262 e. The summed E-state index contributed by atoms with van der Waals surface area (Å²) in [7, 11) is 0. The van der Waals surface area contributed by atoms with Gasteiger partial charge in [-0.2, -0.15) is 0 Å². The first-order valence-electron chi connectivity index (χ1n) is 7.68. The van der Waals surface area contributed by atoms with Crippen molar-refractivity contribution in [2.24, 2.45) is 0 Å². The highest BCUT2D eigenvalue weighted by Gasteiger charge is 2.41. The molecule has 0 spiro atoms. The fraction of sp³-hybridized carbons (Fsp3) is 0.167. The molecule has 1 unspecified atom stereocenters. The fourth-order valence-corrected chi connectivity index (χ4v) is 3.25. The minimum Gasteiger partial charge on any atom is -0.350 e. The zero-order valence-corrected chi connectivity index (χ0v) is 15.8. The zero-order chi connectivity index (χ0) is 19.0. The van der Waals surface area contributed by atoms with E-state index >= 15 is 0 Å². The molecule has 8 heteroatoms. The summed E-state index contributed by atoms with van der Waals surface area (Å²) < 4.78 is 0. The Bertz CT molecular complexity index is 889. The van der Waals surface area contributed by atoms with Gasteiger partial charge in [0, 0.05) is 11.6 Å². The third kappa shape index (κ3) is 3.43. The summed E-state index contributed by atoms with van der Waals surface area (Å²) in [5.41, 5.74) is 1.08. The van der Waals surface area contributed by atoms with Crippen molar-refractivity contribution in [2.75, 3.05) is 0 Å². The second kappa shape index (κ2) is 7.27. The highest BCUT2D eigenvalue weighted by atomic mass is 35.5. The Hall–Kier alpha value is -2.08. The van der Waals surface area contributed by atoms with E-state index in [-0.39, 0.29) is 27.7 Å². The number of carbonyl (C=O) groups is 3. The number of hydrogen-bond acceptors (Lipinski definition) is 3. The molecule has 0 aromatic heterocycles. The van der Waals surface area contributed by atoms with Gasteiger partial charge in [-0.15, -0.1) is 0 Å². The number of carbonyl (C=O) groups excluding carboxylic acids is 3. The third-order valence-corrected chi connectivity index (χ3v) is 5.04. The number of nitrogens with one attached hydrogen (secondary N) is 1. The van der Waals surface area contributed by atoms with Crippen molar-refractivity contribution < 1.29 is 14.4 Å². The van der Waals surface area contributed by atoms with Gasteiger partial charge in [-0.05, 0) is 36.8 Å². The molecule has 0 radical (unpaired) electrons. The minimum absolute atomic E-state index is 0.138. The first kappa shape index (κ1) is 18.7. The molecule has 1 aliphatic rings. The van der Waals surface area contributed by atoms with Crippen molar-refractivity contribution in [3.63, 3.8) is 0 Å². The standard InChI is InChI=1S/C18H13Cl3N2O3/c1-9(16(24)22-8-10-3-2-4-11(19)5-10)23-17(25)12-6-14(20)15(21)7-13(12)18(23)26/h2-7,9H,8H2,1H3,(H,22,24). The Morgan fingerprint density at radius 1 is 1.04 bits per heavy atom. The first-order chi connectivity index (χ1) is 12.3. The van der Waals surface area contributed by atoms with Crippen molar-refractivity contribution in [1.82, 2.24) is 10.2 Å². The molecule has 2 aromatic carbocycles. The van der Waals surface area contributed by atoms with Crippen LogP contribution < -0.4 is 5.32 Å². The van der Waals surface area contributed by atoms with Gasteiger partial charge in [-0.3, -0.25) is 19.3 Å². The van der Waals surface area contributed by atoms with Crippen molar-refractivity contribution in [1.29, 1.82) is 0 Å². The summed E-state index contributed by atoms with van der Waals surface area (Å²) in [6.07, 6.45) is 0. The molecule has 0 bridgehead atoms. The number of nitrogens with zero attached hydrogens (tertiary/aromatic N) is 1. The van der Waals surface area contributed by atoms with Gasteiger partial charge in [0.05, 0.1) is 21.2 Å². The van der Waals surface area contributed by atoms with Crippen LogP contribution in [0.15, 0.2) is 36.4 Å². The maximum absolute atomic E-state index is 12.5. The molecule has 0 saturated heterocycles. The average molecular weight is 412 g/mol. The van der Waals surface area contributed by atoms with Crippen molar-refractivity contribution in [3.8, 4) is 0 Å². The number of fused-ring (bicyclic) bond motifs is 1. The maximum Gasteiger partial charge on any atom is 0.262 e. The lowest BCUT2D eigenvalue weighted by Gasteiger charge is -2.21. The van der Waals surface area contributed by atoms with E-state index in [1.54, 1.807) is 18.2 Å². The molecule has 26 heavy (non-hydrogen) atoms. The SMILES string of the molecule is CC(C(=O)NCc1cccc(Cl)c1)N1C(=O)c2cc(Cl)c(Cl)cc2C1=O. The normalized spacial score (nSPS) is 14.4. The number of rotatable bonds is 4. The van der Waals surface area contributed by atoms with Crippen molar-refractivity contribution >= 4 is 52.5 Å². The molecule has 1 atom stereocenters. The number of halogens is 3. The molecule has 5 nitrogen and oxygen atoms in total. The molecule has 1 aliphatic heterocycles. The van der Waals surface area contributed by atoms with Crippen LogP contribution in [0, 0.1) is 0 Å². The summed E-state index contributed by atoms with van der Waals surface area (Å²) in [5, 5.41) is 3.60. The average Bonchev–Trinajstić information content (AvgIpc) is 2.83. The summed E-state index contributed by atoms with van der Waals surface area (Å²) in [4.78, 5) is 38.4. The summed E-state index contributed by atoms with van der Waals surface area (Å²) in [6.45, 7) is 1.71. The zero-order valence-electron chi connectivity index (χ0n) is 13.6. The molecule has 0 aliphatic carbocycles. The number of benzene rings is 2. The van der Waals surface area contributed by atoms with Crippen LogP contribution in [0.4, 0.5) is 0 Å². The molecule has 1 N–H and O–H groups in total. The molecule has 134 valence electrons. The molecule has 1 heterocycles. The van der Waals surface area contributed by atoms with E-state index in [4.69, 9.17) is 34.8 Å². The molecule has 2 aromatic rings. The van der Waals surface area contributed by atoms with Gasteiger partial charge in [0.2, 0.25) is 5.91 Å². The molecule has 3 rings (SSSR count). The van der Waals surface area contributed by atoms with Crippen LogP contribution in [0.2, 0.25) is 15.1 Å². The van der Waals surface area contributed by atoms with E-state index in [9.17, 15) is 14.4 Å². The Labute approximate surface area is 164 Å². The van der Waals surface area contributed by atoms with Crippen LogP contribution in [0.3, 0.4) is 0 Å². The Morgan fingerprint density at radius 3 is 2.15 bits per heavy atom. The van der Waals surface area contributed by atoms with Crippen LogP contribution in [0.5, 0.6) is 0 Å². The highest BCUT2D eigenvalue weighted by molar-refractivity contribution is 6.43. The molecule has 0 saturated carbocycles. The van der Waals surface area contributed by atoms with E-state index in [1.807, 2.05) is 6.07 Å². The van der Waals surface area contributed by atoms with Gasteiger partial charge < -0.3 is 5.32 Å². The second-order valence-corrected chi connectivity index (χ2v) is 7.07. The lowest BCUT2D eigenvalue weighted by molar-refractivity contribution is -0.124. The van der Waals surface area contributed by atoms with Crippen LogP contribution in [0.25, 0.3) is 0 Å². The summed E-state index contributed by atoms with van der Waals surface area (Å²) >= 11 is 17.8. The van der Waals surface area contributed by atoms with Gasteiger partial charge in [0.25, 0.3) is 11.8 Å². The van der Waals surface area contributed by atoms with Gasteiger partial charge in [0.1, 0.15) is 6.04 Å². The van der Waals surface area contributed by atoms with E-state index in [0.29, 0.717) is 5.02 Å². The van der Waals surface area contributed by atoms with E-state index in [0.717, 1.165) is 10.5 Å². The minimum atomic E-state index is -0.987. The molecule has 3 amide bonds. The fourth-order valence-electron chi connectivity index (χ4n) is 2.71. The van der Waals surface area contributed by atoms with Crippen molar-refractivity contribution in [2.45, 2.75) is 19.5 Å². The Morgan fingerprint density at radius 2 is 1.62 bits per heavy atom. The topological polar surface area (TPSA) is 66.5 Å². The summed E-state index contributed by atoms with van der Waals surface area (Å²) in [6, 6.07) is 8.72. The molecular weight excluding hydrogens is 399 g/mol. The van der Waals surface area contributed by atoms with E-state index in [2.05, 4.69) is 5.32 Å². The van der Waals surface area contributed by atoms with Gasteiger partial charge in [-0.1, -0.05) is 46.9 Å². The lowest BCUT2D eigenvalue weighted by atomic mass is 10.1. The number of hydrogen-bond donors (Lipinski definition) is 1. The Kier molecular flexibility index (Phi) is 5.23. The quantitative estimate of drug-likeness (QED) is 0.775. The molecule has 0 fully saturated rings. The second-order valence-electron chi connectivity index (χ2n) is 5.82. The third-order valence-electron chi connectivity index (χ3n) is 4.08. The van der Waals surface area contributed by atoms with E-state index < -0.39 is 23.8 Å². The molecular formula is C18H13Cl3N2O3. The summed E-state index contributed by atoms with van der Waals surface area (Å²) in [5.74, 6) is -1.61. The van der Waals surface area contributed by atoms with Gasteiger partial charge in [0.15, 0.2) is 0 Å². The van der Waals surface area contributed by atoms with Crippen LogP contribution >= 0.6 is 34.8 Å². The predicted octanol–water partition coefficient (Wildman–Crippen LogP) is 3.95. The number of amides is 3. The first-order valence-corrected chi connectivity index (χ1v) is 8.82. The maximum atomic E-state index is 12.5. The van der Waals surface area contributed by atoms with Crippen LogP contribution in [-0.4, -0.2) is 28.7 Å². The highest BCUT2D eigenvalue weighted by Crippen LogP contribution is 2.32. The van der Waals surface area contributed by atoms with E-state index in [1.165, 1.54) is 19.1 Å².